The Morgan fingerprint density at radius 3 is 2.53 bits per heavy atom. The summed E-state index contributed by atoms with van der Waals surface area (Å²) >= 11 is 1.54. The Labute approximate surface area is 108 Å². The van der Waals surface area contributed by atoms with Crippen LogP contribution in [0, 0.1) is 11.3 Å². The van der Waals surface area contributed by atoms with Gasteiger partial charge in [0.1, 0.15) is 5.82 Å². The zero-order valence-corrected chi connectivity index (χ0v) is 12.3. The van der Waals surface area contributed by atoms with Crippen molar-refractivity contribution in [1.82, 2.24) is 9.36 Å². The van der Waals surface area contributed by atoms with E-state index in [4.69, 9.17) is 0 Å². The van der Waals surface area contributed by atoms with Crippen molar-refractivity contribution in [3.63, 3.8) is 0 Å². The van der Waals surface area contributed by atoms with Crippen LogP contribution in [0.4, 0.5) is 5.13 Å². The zero-order valence-electron chi connectivity index (χ0n) is 11.5. The van der Waals surface area contributed by atoms with Crippen molar-refractivity contribution < 1.29 is 0 Å². The van der Waals surface area contributed by atoms with Gasteiger partial charge in [-0.2, -0.15) is 4.37 Å². The van der Waals surface area contributed by atoms with Crippen molar-refractivity contribution in [3.05, 3.63) is 5.82 Å². The Morgan fingerprint density at radius 2 is 2.00 bits per heavy atom. The van der Waals surface area contributed by atoms with Crippen molar-refractivity contribution in [2.75, 3.05) is 11.9 Å². The molecule has 0 aliphatic heterocycles. The highest BCUT2D eigenvalue weighted by Crippen LogP contribution is 2.50. The molecule has 0 amide bonds. The molecule has 1 aliphatic rings. The molecule has 3 nitrogen and oxygen atoms in total. The standard InChI is InChI=1S/C13H23N3S/c1-9(2)8-11-14-12(17-15-11)16(5)10(3)13(4)6-7-13/h9-10H,6-8H2,1-5H3. The number of aromatic nitrogens is 2. The van der Waals surface area contributed by atoms with Gasteiger partial charge in [-0.15, -0.1) is 0 Å². The predicted molar refractivity (Wildman–Crippen MR) is 73.7 cm³/mol. The van der Waals surface area contributed by atoms with Gasteiger partial charge in [-0.3, -0.25) is 0 Å². The average molecular weight is 253 g/mol. The predicted octanol–water partition coefficient (Wildman–Crippen LogP) is 3.36. The van der Waals surface area contributed by atoms with Crippen molar-refractivity contribution in [1.29, 1.82) is 0 Å². The average Bonchev–Trinajstić information content (AvgIpc) is 2.84. The lowest BCUT2D eigenvalue weighted by Gasteiger charge is -2.29. The Morgan fingerprint density at radius 1 is 1.35 bits per heavy atom. The van der Waals surface area contributed by atoms with Crippen LogP contribution in [-0.4, -0.2) is 22.4 Å². The van der Waals surface area contributed by atoms with E-state index in [-0.39, 0.29) is 0 Å². The van der Waals surface area contributed by atoms with E-state index < -0.39 is 0 Å². The molecule has 1 aliphatic carbocycles. The van der Waals surface area contributed by atoms with Crippen LogP contribution in [-0.2, 0) is 6.42 Å². The van der Waals surface area contributed by atoms with Crippen LogP contribution in [0.15, 0.2) is 0 Å². The maximum atomic E-state index is 4.65. The Balaban J connectivity index is 2.04. The van der Waals surface area contributed by atoms with Gasteiger partial charge in [-0.05, 0) is 31.1 Å². The van der Waals surface area contributed by atoms with Gasteiger partial charge < -0.3 is 4.90 Å². The van der Waals surface area contributed by atoms with Crippen molar-refractivity contribution in [2.45, 2.75) is 53.0 Å². The van der Waals surface area contributed by atoms with Gasteiger partial charge in [-0.25, -0.2) is 4.98 Å². The van der Waals surface area contributed by atoms with E-state index in [0.29, 0.717) is 17.4 Å². The van der Waals surface area contributed by atoms with Crippen LogP contribution in [0.25, 0.3) is 0 Å². The maximum absolute atomic E-state index is 4.65. The highest BCUT2D eigenvalue weighted by atomic mass is 32.1. The summed E-state index contributed by atoms with van der Waals surface area (Å²) in [4.78, 5) is 6.95. The minimum atomic E-state index is 0.499. The van der Waals surface area contributed by atoms with Crippen LogP contribution in [0.2, 0.25) is 0 Å². The summed E-state index contributed by atoms with van der Waals surface area (Å²) in [5.74, 6) is 1.63. The van der Waals surface area contributed by atoms with E-state index in [2.05, 4.69) is 49.0 Å². The molecule has 0 aromatic carbocycles. The molecule has 1 heterocycles. The Hall–Kier alpha value is -0.640. The minimum absolute atomic E-state index is 0.499. The first-order valence-corrected chi connectivity index (χ1v) is 7.25. The third-order valence-electron chi connectivity index (χ3n) is 3.98. The summed E-state index contributed by atoms with van der Waals surface area (Å²) in [7, 11) is 2.15. The fourth-order valence-corrected chi connectivity index (χ4v) is 2.82. The smallest absolute Gasteiger partial charge is 0.205 e. The molecule has 1 atom stereocenters. The Kier molecular flexibility index (Phi) is 3.43. The van der Waals surface area contributed by atoms with Crippen LogP contribution < -0.4 is 4.90 Å². The molecule has 1 fully saturated rings. The van der Waals surface area contributed by atoms with Crippen molar-refractivity contribution >= 4 is 16.7 Å². The van der Waals surface area contributed by atoms with E-state index in [0.717, 1.165) is 17.4 Å². The second-order valence-electron chi connectivity index (χ2n) is 6.03. The fraction of sp³-hybridized carbons (Fsp3) is 0.846. The second kappa shape index (κ2) is 4.56. The van der Waals surface area contributed by atoms with Gasteiger partial charge >= 0.3 is 0 Å². The first-order valence-electron chi connectivity index (χ1n) is 6.48. The van der Waals surface area contributed by atoms with Gasteiger partial charge in [0, 0.05) is 31.0 Å². The SMILES string of the molecule is CC(C)Cc1nsc(N(C)C(C)C2(C)CC2)n1. The van der Waals surface area contributed by atoms with Gasteiger partial charge in [0.05, 0.1) is 0 Å². The molecule has 0 spiro atoms. The summed E-state index contributed by atoms with van der Waals surface area (Å²) in [6.07, 6.45) is 3.67. The first kappa shape index (κ1) is 12.8. The van der Waals surface area contributed by atoms with Crippen LogP contribution in [0.1, 0.15) is 46.4 Å². The highest BCUT2D eigenvalue weighted by molar-refractivity contribution is 7.09. The lowest BCUT2D eigenvalue weighted by molar-refractivity contribution is 0.446. The van der Waals surface area contributed by atoms with Crippen LogP contribution in [0.5, 0.6) is 0 Å². The topological polar surface area (TPSA) is 29.0 Å². The minimum Gasteiger partial charge on any atom is -0.347 e. The summed E-state index contributed by atoms with van der Waals surface area (Å²) in [6, 6.07) is 0.558. The molecule has 96 valence electrons. The molecule has 1 aromatic rings. The van der Waals surface area contributed by atoms with Gasteiger partial charge in [0.15, 0.2) is 0 Å². The molecule has 1 saturated carbocycles. The number of rotatable bonds is 5. The van der Waals surface area contributed by atoms with Crippen LogP contribution >= 0.6 is 11.5 Å². The first-order chi connectivity index (χ1) is 7.92. The van der Waals surface area contributed by atoms with Crippen molar-refractivity contribution in [3.8, 4) is 0 Å². The van der Waals surface area contributed by atoms with Gasteiger partial charge in [0.2, 0.25) is 5.13 Å². The molecule has 1 aromatic heterocycles. The van der Waals surface area contributed by atoms with Gasteiger partial charge in [0.25, 0.3) is 0 Å². The third-order valence-corrected chi connectivity index (χ3v) is 4.82. The van der Waals surface area contributed by atoms with E-state index in [1.807, 2.05) is 0 Å². The normalized spacial score (nSPS) is 19.4. The molecular formula is C13H23N3S. The molecular weight excluding hydrogens is 230 g/mol. The summed E-state index contributed by atoms with van der Waals surface area (Å²) < 4.78 is 4.45. The Bertz CT molecular complexity index is 382. The number of anilines is 1. The third kappa shape index (κ3) is 2.79. The monoisotopic (exact) mass is 253 g/mol. The summed E-state index contributed by atoms with van der Waals surface area (Å²) in [5, 5.41) is 1.07. The molecule has 2 rings (SSSR count). The molecule has 17 heavy (non-hydrogen) atoms. The quantitative estimate of drug-likeness (QED) is 0.805. The van der Waals surface area contributed by atoms with Crippen LogP contribution in [0.3, 0.4) is 0 Å². The zero-order chi connectivity index (χ0) is 12.6. The lowest BCUT2D eigenvalue weighted by atomic mass is 10.0. The fourth-order valence-electron chi connectivity index (χ4n) is 2.08. The van der Waals surface area contributed by atoms with Crippen molar-refractivity contribution in [2.24, 2.45) is 11.3 Å². The lowest BCUT2D eigenvalue weighted by Crippen LogP contribution is -2.35. The second-order valence-corrected chi connectivity index (χ2v) is 6.76. The maximum Gasteiger partial charge on any atom is 0.205 e. The highest BCUT2D eigenvalue weighted by Gasteiger charge is 2.44. The number of hydrogen-bond donors (Lipinski definition) is 0. The summed E-state index contributed by atoms with van der Waals surface area (Å²) in [5.41, 5.74) is 0.499. The largest absolute Gasteiger partial charge is 0.347 e. The van der Waals surface area contributed by atoms with E-state index >= 15 is 0 Å². The molecule has 0 N–H and O–H groups in total. The van der Waals surface area contributed by atoms with E-state index in [1.54, 1.807) is 0 Å². The molecule has 1 unspecified atom stereocenters. The van der Waals surface area contributed by atoms with Gasteiger partial charge in [-0.1, -0.05) is 20.8 Å². The molecule has 0 saturated heterocycles. The molecule has 4 heteroatoms. The van der Waals surface area contributed by atoms with E-state index in [1.165, 1.54) is 24.4 Å². The summed E-state index contributed by atoms with van der Waals surface area (Å²) in [6.45, 7) is 9.08. The molecule has 0 radical (unpaired) electrons. The molecule has 0 bridgehead atoms. The van der Waals surface area contributed by atoms with E-state index in [9.17, 15) is 0 Å². The number of hydrogen-bond acceptors (Lipinski definition) is 4. The number of nitrogens with zero attached hydrogens (tertiary/aromatic N) is 3.